The highest BCUT2D eigenvalue weighted by Gasteiger charge is 2.25. The summed E-state index contributed by atoms with van der Waals surface area (Å²) in [5.74, 6) is 1.89. The van der Waals surface area contributed by atoms with Crippen molar-refractivity contribution in [1.29, 1.82) is 0 Å². The molecule has 17 heavy (non-hydrogen) atoms. The summed E-state index contributed by atoms with van der Waals surface area (Å²) in [7, 11) is 0. The van der Waals surface area contributed by atoms with Gasteiger partial charge in [0.25, 0.3) is 0 Å². The number of aromatic nitrogens is 2. The normalized spacial score (nSPS) is 21.9. The molecule has 1 atom stereocenters. The number of nitrogens with zero attached hydrogens (tertiary/aromatic N) is 3. The van der Waals surface area contributed by atoms with E-state index in [1.807, 2.05) is 6.92 Å². The molecule has 5 heteroatoms. The molecule has 2 heterocycles. The van der Waals surface area contributed by atoms with E-state index in [-0.39, 0.29) is 0 Å². The molecule has 1 unspecified atom stereocenters. The lowest BCUT2D eigenvalue weighted by atomic mass is 9.98. The van der Waals surface area contributed by atoms with Gasteiger partial charge in [0.2, 0.25) is 5.89 Å². The first-order chi connectivity index (χ1) is 8.29. The van der Waals surface area contributed by atoms with Crippen LogP contribution in [0.1, 0.15) is 43.3 Å². The van der Waals surface area contributed by atoms with Gasteiger partial charge in [-0.05, 0) is 45.7 Å². The predicted octanol–water partition coefficient (Wildman–Crippen LogP) is 1.33. The summed E-state index contributed by atoms with van der Waals surface area (Å²) in [5.41, 5.74) is 0. The van der Waals surface area contributed by atoms with Crippen LogP contribution in [0.3, 0.4) is 0 Å². The lowest BCUT2D eigenvalue weighted by Crippen LogP contribution is -2.35. The van der Waals surface area contributed by atoms with Gasteiger partial charge >= 0.3 is 0 Å². The van der Waals surface area contributed by atoms with Crippen molar-refractivity contribution in [3.05, 3.63) is 11.7 Å². The average Bonchev–Trinajstić information content (AvgIpc) is 2.77. The van der Waals surface area contributed by atoms with Gasteiger partial charge in [-0.1, -0.05) is 5.16 Å². The summed E-state index contributed by atoms with van der Waals surface area (Å²) >= 11 is 0. The lowest BCUT2D eigenvalue weighted by Gasteiger charge is -2.30. The fourth-order valence-electron chi connectivity index (χ4n) is 2.39. The molecule has 1 aromatic heterocycles. The van der Waals surface area contributed by atoms with Crippen LogP contribution in [0.4, 0.5) is 0 Å². The minimum Gasteiger partial charge on any atom is -0.396 e. The molecule has 96 valence electrons. The van der Waals surface area contributed by atoms with E-state index < -0.39 is 0 Å². The molecule has 1 aliphatic heterocycles. The largest absolute Gasteiger partial charge is 0.396 e. The molecule has 0 amide bonds. The van der Waals surface area contributed by atoms with Gasteiger partial charge in [-0.15, -0.1) is 0 Å². The Morgan fingerprint density at radius 2 is 2.35 bits per heavy atom. The molecule has 0 aliphatic carbocycles. The zero-order chi connectivity index (χ0) is 12.1. The molecule has 1 fully saturated rings. The highest BCUT2D eigenvalue weighted by molar-refractivity contribution is 4.96. The number of rotatable bonds is 5. The first-order valence-electron chi connectivity index (χ1n) is 6.43. The maximum Gasteiger partial charge on any atom is 0.231 e. The molecular formula is C12H21N3O2. The van der Waals surface area contributed by atoms with Crippen LogP contribution in [0, 0.1) is 6.92 Å². The van der Waals surface area contributed by atoms with Gasteiger partial charge in [0.15, 0.2) is 5.82 Å². The smallest absolute Gasteiger partial charge is 0.231 e. The summed E-state index contributed by atoms with van der Waals surface area (Å²) in [6.45, 7) is 5.36. The number of aliphatic hydroxyl groups excluding tert-OH is 1. The molecule has 0 spiro atoms. The number of aryl methyl sites for hydroxylation is 1. The first-order valence-corrected chi connectivity index (χ1v) is 6.43. The number of hydrogen-bond acceptors (Lipinski definition) is 5. The molecule has 2 rings (SSSR count). The van der Waals surface area contributed by atoms with Crippen molar-refractivity contribution >= 4 is 0 Å². The Kier molecular flexibility index (Phi) is 4.50. The Hall–Kier alpha value is -0.940. The molecule has 1 aromatic rings. The van der Waals surface area contributed by atoms with E-state index >= 15 is 0 Å². The lowest BCUT2D eigenvalue weighted by molar-refractivity contribution is 0.178. The quantitative estimate of drug-likeness (QED) is 0.785. The minimum absolute atomic E-state index is 0.292. The van der Waals surface area contributed by atoms with Crippen molar-refractivity contribution in [3.63, 3.8) is 0 Å². The Bertz CT molecular complexity index is 340. The minimum atomic E-state index is 0.292. The molecule has 0 radical (unpaired) electrons. The number of piperidine rings is 1. The standard InChI is InChI=1S/C12H21N3O2/c1-10-13-12(17-14-10)11-5-4-7-15(9-11)6-2-3-8-16/h11,16H,2-9H2,1H3. The van der Waals surface area contributed by atoms with E-state index in [1.54, 1.807) is 0 Å². The second-order valence-electron chi connectivity index (χ2n) is 4.75. The molecule has 1 N–H and O–H groups in total. The summed E-state index contributed by atoms with van der Waals surface area (Å²) < 4.78 is 5.25. The van der Waals surface area contributed by atoms with Crippen molar-refractivity contribution in [2.75, 3.05) is 26.2 Å². The summed E-state index contributed by atoms with van der Waals surface area (Å²) in [5, 5.41) is 12.6. The van der Waals surface area contributed by atoms with Gasteiger partial charge in [-0.3, -0.25) is 0 Å². The Labute approximate surface area is 102 Å². The highest BCUT2D eigenvalue weighted by Crippen LogP contribution is 2.25. The Balaban J connectivity index is 1.84. The molecule has 5 nitrogen and oxygen atoms in total. The third-order valence-electron chi connectivity index (χ3n) is 3.28. The molecule has 0 bridgehead atoms. The Morgan fingerprint density at radius 1 is 1.47 bits per heavy atom. The topological polar surface area (TPSA) is 62.4 Å². The van der Waals surface area contributed by atoms with E-state index in [0.717, 1.165) is 50.6 Å². The highest BCUT2D eigenvalue weighted by atomic mass is 16.5. The molecule has 0 saturated carbocycles. The molecular weight excluding hydrogens is 218 g/mol. The van der Waals surface area contributed by atoms with Crippen molar-refractivity contribution < 1.29 is 9.63 Å². The van der Waals surface area contributed by atoms with E-state index in [4.69, 9.17) is 9.63 Å². The number of hydrogen-bond donors (Lipinski definition) is 1. The second kappa shape index (κ2) is 6.12. The zero-order valence-electron chi connectivity index (χ0n) is 10.4. The van der Waals surface area contributed by atoms with Gasteiger partial charge in [0.1, 0.15) is 0 Å². The van der Waals surface area contributed by atoms with Crippen LogP contribution in [0.2, 0.25) is 0 Å². The van der Waals surface area contributed by atoms with Gasteiger partial charge in [0.05, 0.1) is 5.92 Å². The van der Waals surface area contributed by atoms with Crippen molar-refractivity contribution in [1.82, 2.24) is 15.0 Å². The first kappa shape index (κ1) is 12.5. The summed E-state index contributed by atoms with van der Waals surface area (Å²) in [6.07, 6.45) is 4.27. The monoisotopic (exact) mass is 239 g/mol. The van der Waals surface area contributed by atoms with Crippen LogP contribution in [0.15, 0.2) is 4.52 Å². The summed E-state index contributed by atoms with van der Waals surface area (Å²) in [4.78, 5) is 6.75. The van der Waals surface area contributed by atoms with E-state index in [2.05, 4.69) is 15.0 Å². The molecule has 1 aliphatic rings. The van der Waals surface area contributed by atoms with Gasteiger partial charge < -0.3 is 14.5 Å². The van der Waals surface area contributed by atoms with Gasteiger partial charge in [-0.2, -0.15) is 4.98 Å². The zero-order valence-corrected chi connectivity index (χ0v) is 10.4. The maximum absolute atomic E-state index is 8.78. The van der Waals surface area contributed by atoms with Crippen LogP contribution in [-0.4, -0.2) is 46.4 Å². The van der Waals surface area contributed by atoms with E-state index in [9.17, 15) is 0 Å². The van der Waals surface area contributed by atoms with E-state index in [1.165, 1.54) is 6.42 Å². The van der Waals surface area contributed by atoms with Crippen LogP contribution in [0.5, 0.6) is 0 Å². The molecule has 1 saturated heterocycles. The fraction of sp³-hybridized carbons (Fsp3) is 0.833. The van der Waals surface area contributed by atoms with Crippen LogP contribution in [-0.2, 0) is 0 Å². The second-order valence-corrected chi connectivity index (χ2v) is 4.75. The number of unbranched alkanes of at least 4 members (excludes halogenated alkanes) is 1. The Morgan fingerprint density at radius 3 is 3.06 bits per heavy atom. The summed E-state index contributed by atoms with van der Waals surface area (Å²) in [6, 6.07) is 0. The van der Waals surface area contributed by atoms with Crippen molar-refractivity contribution in [3.8, 4) is 0 Å². The average molecular weight is 239 g/mol. The molecule has 0 aromatic carbocycles. The van der Waals surface area contributed by atoms with Crippen LogP contribution < -0.4 is 0 Å². The van der Waals surface area contributed by atoms with Gasteiger partial charge in [-0.25, -0.2) is 0 Å². The van der Waals surface area contributed by atoms with Gasteiger partial charge in [0, 0.05) is 13.2 Å². The number of likely N-dealkylation sites (tertiary alicyclic amines) is 1. The maximum atomic E-state index is 8.78. The third-order valence-corrected chi connectivity index (χ3v) is 3.28. The van der Waals surface area contributed by atoms with E-state index in [0.29, 0.717) is 12.5 Å². The third kappa shape index (κ3) is 3.51. The van der Waals surface area contributed by atoms with Crippen molar-refractivity contribution in [2.45, 2.75) is 38.5 Å². The number of aliphatic hydroxyl groups is 1. The van der Waals surface area contributed by atoms with Crippen LogP contribution >= 0.6 is 0 Å². The van der Waals surface area contributed by atoms with Crippen molar-refractivity contribution in [2.24, 2.45) is 0 Å². The SMILES string of the molecule is Cc1noc(C2CCCN(CCCCO)C2)n1. The predicted molar refractivity (Wildman–Crippen MR) is 63.8 cm³/mol. The van der Waals surface area contributed by atoms with Crippen LogP contribution in [0.25, 0.3) is 0 Å². The fourth-order valence-corrected chi connectivity index (χ4v) is 2.39.